The van der Waals surface area contributed by atoms with Gasteiger partial charge in [-0.05, 0) is 42.8 Å². The van der Waals surface area contributed by atoms with Crippen LogP contribution in [0.5, 0.6) is 17.2 Å². The second kappa shape index (κ2) is 8.76. The number of rotatable bonds is 8. The molecule has 0 atom stereocenters. The smallest absolute Gasteiger partial charge is 0.179 e. The first-order valence-corrected chi connectivity index (χ1v) is 7.99. The van der Waals surface area contributed by atoms with Crippen molar-refractivity contribution in [3.63, 3.8) is 0 Å². The van der Waals surface area contributed by atoms with Gasteiger partial charge in [-0.25, -0.2) is 4.39 Å². The van der Waals surface area contributed by atoms with E-state index < -0.39 is 0 Å². The van der Waals surface area contributed by atoms with E-state index in [1.54, 1.807) is 20.3 Å². The number of ether oxygens (including phenoxy) is 3. The minimum absolute atomic E-state index is 0.293. The topological polar surface area (TPSA) is 39.7 Å². The van der Waals surface area contributed by atoms with Gasteiger partial charge in [-0.1, -0.05) is 11.6 Å². The lowest BCUT2D eigenvalue weighted by Gasteiger charge is -2.14. The second-order valence-corrected chi connectivity index (χ2v) is 5.51. The zero-order chi connectivity index (χ0) is 17.5. The summed E-state index contributed by atoms with van der Waals surface area (Å²) >= 11 is 6.25. The number of hydrogen-bond donors (Lipinski definition) is 1. The van der Waals surface area contributed by atoms with Crippen LogP contribution >= 0.6 is 11.6 Å². The number of benzene rings is 2. The molecule has 24 heavy (non-hydrogen) atoms. The highest BCUT2D eigenvalue weighted by atomic mass is 35.5. The lowest BCUT2D eigenvalue weighted by Crippen LogP contribution is -2.14. The third-order valence-electron chi connectivity index (χ3n) is 3.46. The Balaban J connectivity index is 2.07. The molecule has 0 bridgehead atoms. The lowest BCUT2D eigenvalue weighted by atomic mass is 10.1. The molecule has 0 saturated carbocycles. The summed E-state index contributed by atoms with van der Waals surface area (Å²) in [6, 6.07) is 8.14. The Labute approximate surface area is 146 Å². The van der Waals surface area contributed by atoms with E-state index in [1.165, 1.54) is 12.1 Å². The predicted octanol–water partition coefficient (Wildman–Crippen LogP) is 4.18. The number of hydrogen-bond acceptors (Lipinski definition) is 4. The van der Waals surface area contributed by atoms with Gasteiger partial charge in [0.05, 0.1) is 25.8 Å². The number of methoxy groups -OCH3 is 2. The average Bonchev–Trinajstić information content (AvgIpc) is 2.57. The van der Waals surface area contributed by atoms with Crippen LogP contribution < -0.4 is 19.5 Å². The van der Waals surface area contributed by atoms with E-state index in [0.29, 0.717) is 42.0 Å². The van der Waals surface area contributed by atoms with Crippen molar-refractivity contribution >= 4 is 11.6 Å². The Hall–Kier alpha value is -1.98. The molecule has 0 aliphatic carbocycles. The molecule has 0 heterocycles. The van der Waals surface area contributed by atoms with Gasteiger partial charge in [0.25, 0.3) is 0 Å². The van der Waals surface area contributed by atoms with E-state index in [2.05, 4.69) is 5.32 Å². The van der Waals surface area contributed by atoms with Crippen molar-refractivity contribution in [2.75, 3.05) is 20.8 Å². The quantitative estimate of drug-likeness (QED) is 0.772. The Morgan fingerprint density at radius 3 is 2.46 bits per heavy atom. The van der Waals surface area contributed by atoms with Crippen molar-refractivity contribution in [2.45, 2.75) is 20.0 Å². The van der Waals surface area contributed by atoms with Crippen molar-refractivity contribution in [3.8, 4) is 17.2 Å². The molecule has 6 heteroatoms. The summed E-state index contributed by atoms with van der Waals surface area (Å²) in [6.07, 6.45) is 0. The fraction of sp³-hybridized carbons (Fsp3) is 0.333. The summed E-state index contributed by atoms with van der Waals surface area (Å²) < 4.78 is 29.4. The summed E-state index contributed by atoms with van der Waals surface area (Å²) in [5, 5.41) is 3.74. The summed E-state index contributed by atoms with van der Waals surface area (Å²) in [4.78, 5) is 0. The summed E-state index contributed by atoms with van der Waals surface area (Å²) in [5.41, 5.74) is 1.69. The monoisotopic (exact) mass is 353 g/mol. The maximum atomic E-state index is 13.4. The molecular formula is C18H21ClFNO3. The van der Waals surface area contributed by atoms with E-state index in [4.69, 9.17) is 25.8 Å². The first kappa shape index (κ1) is 18.4. The fourth-order valence-electron chi connectivity index (χ4n) is 2.39. The Morgan fingerprint density at radius 1 is 1.04 bits per heavy atom. The van der Waals surface area contributed by atoms with E-state index in [0.717, 1.165) is 11.1 Å². The number of halogens is 2. The fourth-order valence-corrected chi connectivity index (χ4v) is 2.67. The first-order chi connectivity index (χ1) is 11.6. The van der Waals surface area contributed by atoms with Crippen molar-refractivity contribution in [3.05, 3.63) is 52.3 Å². The van der Waals surface area contributed by atoms with Crippen LogP contribution in [-0.4, -0.2) is 20.8 Å². The summed E-state index contributed by atoms with van der Waals surface area (Å²) in [7, 11) is 3.14. The first-order valence-electron chi connectivity index (χ1n) is 7.61. The van der Waals surface area contributed by atoms with Crippen LogP contribution in [0.3, 0.4) is 0 Å². The van der Waals surface area contributed by atoms with E-state index in [9.17, 15) is 4.39 Å². The van der Waals surface area contributed by atoms with E-state index in [-0.39, 0.29) is 5.82 Å². The largest absolute Gasteiger partial charge is 0.496 e. The van der Waals surface area contributed by atoms with E-state index in [1.807, 2.05) is 19.1 Å². The van der Waals surface area contributed by atoms with Gasteiger partial charge in [0.2, 0.25) is 0 Å². The molecule has 0 saturated heterocycles. The molecule has 0 spiro atoms. The molecule has 2 aromatic carbocycles. The van der Waals surface area contributed by atoms with Crippen molar-refractivity contribution in [1.82, 2.24) is 5.32 Å². The number of nitrogens with one attached hydrogen (secondary N) is 1. The van der Waals surface area contributed by atoms with Crippen LogP contribution in [0.4, 0.5) is 4.39 Å². The standard InChI is InChI=1S/C18H21ClFNO3/c1-4-24-18-15(19)7-12(8-17(18)23-3)10-21-11-13-9-14(20)5-6-16(13)22-2/h5-9,21H,4,10-11H2,1-3H3. The van der Waals surface area contributed by atoms with Crippen LogP contribution in [0.1, 0.15) is 18.1 Å². The molecule has 0 unspecified atom stereocenters. The van der Waals surface area contributed by atoms with Crippen LogP contribution in [0.2, 0.25) is 5.02 Å². The van der Waals surface area contributed by atoms with Gasteiger partial charge in [-0.3, -0.25) is 0 Å². The molecule has 0 fully saturated rings. The summed E-state index contributed by atoms with van der Waals surface area (Å²) in [5.74, 6) is 1.48. The highest BCUT2D eigenvalue weighted by Gasteiger charge is 2.12. The molecule has 2 rings (SSSR count). The lowest BCUT2D eigenvalue weighted by molar-refractivity contribution is 0.311. The van der Waals surface area contributed by atoms with Crippen LogP contribution in [0.15, 0.2) is 30.3 Å². The van der Waals surface area contributed by atoms with Gasteiger partial charge >= 0.3 is 0 Å². The Bertz CT molecular complexity index is 694. The second-order valence-electron chi connectivity index (χ2n) is 5.10. The van der Waals surface area contributed by atoms with Gasteiger partial charge in [-0.15, -0.1) is 0 Å². The molecule has 0 amide bonds. The normalized spacial score (nSPS) is 10.5. The van der Waals surface area contributed by atoms with Crippen molar-refractivity contribution < 1.29 is 18.6 Å². The average molecular weight is 354 g/mol. The molecule has 1 N–H and O–H groups in total. The minimum Gasteiger partial charge on any atom is -0.496 e. The molecule has 0 radical (unpaired) electrons. The molecule has 0 aliphatic rings. The van der Waals surface area contributed by atoms with Crippen molar-refractivity contribution in [2.24, 2.45) is 0 Å². The maximum absolute atomic E-state index is 13.4. The molecule has 4 nitrogen and oxygen atoms in total. The van der Waals surface area contributed by atoms with Crippen LogP contribution in [-0.2, 0) is 13.1 Å². The summed E-state index contributed by atoms with van der Waals surface area (Å²) in [6.45, 7) is 3.40. The highest BCUT2D eigenvalue weighted by molar-refractivity contribution is 6.32. The zero-order valence-corrected chi connectivity index (χ0v) is 14.7. The Morgan fingerprint density at radius 2 is 1.79 bits per heavy atom. The minimum atomic E-state index is -0.293. The van der Waals surface area contributed by atoms with Gasteiger partial charge in [0, 0.05) is 18.7 Å². The van der Waals surface area contributed by atoms with Gasteiger partial charge < -0.3 is 19.5 Å². The SMILES string of the molecule is CCOc1c(Cl)cc(CNCc2cc(F)ccc2OC)cc1OC. The highest BCUT2D eigenvalue weighted by Crippen LogP contribution is 2.36. The van der Waals surface area contributed by atoms with E-state index >= 15 is 0 Å². The molecular weight excluding hydrogens is 333 g/mol. The van der Waals surface area contributed by atoms with Gasteiger partial charge in [-0.2, -0.15) is 0 Å². The van der Waals surface area contributed by atoms with Crippen LogP contribution in [0.25, 0.3) is 0 Å². The molecule has 0 aliphatic heterocycles. The third-order valence-corrected chi connectivity index (χ3v) is 3.75. The zero-order valence-electron chi connectivity index (χ0n) is 14.0. The van der Waals surface area contributed by atoms with Crippen molar-refractivity contribution in [1.29, 1.82) is 0 Å². The molecule has 0 aromatic heterocycles. The maximum Gasteiger partial charge on any atom is 0.179 e. The molecule has 130 valence electrons. The van der Waals surface area contributed by atoms with Crippen LogP contribution in [0, 0.1) is 5.82 Å². The van der Waals surface area contributed by atoms with Gasteiger partial charge in [0.1, 0.15) is 11.6 Å². The van der Waals surface area contributed by atoms with Gasteiger partial charge in [0.15, 0.2) is 11.5 Å². The predicted molar refractivity (Wildman–Crippen MR) is 92.7 cm³/mol. The molecule has 2 aromatic rings. The third kappa shape index (κ3) is 4.52. The Kier molecular flexibility index (Phi) is 6.70.